The van der Waals surface area contributed by atoms with Crippen LogP contribution in [-0.2, 0) is 26.5 Å². The van der Waals surface area contributed by atoms with Crippen molar-refractivity contribution in [1.29, 1.82) is 0 Å². The first-order valence-corrected chi connectivity index (χ1v) is 25.8. The number of fused-ring (bicyclic) bond motifs is 4. The van der Waals surface area contributed by atoms with Crippen molar-refractivity contribution in [2.75, 3.05) is 0 Å². The van der Waals surface area contributed by atoms with E-state index in [0.29, 0.717) is 0 Å². The van der Waals surface area contributed by atoms with Crippen LogP contribution >= 0.6 is 0 Å². The van der Waals surface area contributed by atoms with E-state index < -0.39 is 19.6 Å². The van der Waals surface area contributed by atoms with E-state index in [1.165, 1.54) is 0 Å². The summed E-state index contributed by atoms with van der Waals surface area (Å²) in [5.74, 6) is 7.59. The number of pyridine rings is 1. The first-order chi connectivity index (χ1) is 27.0. The predicted octanol–water partition coefficient (Wildman–Crippen LogP) is 12.3. The molecule has 0 aliphatic carbocycles. The molecule has 0 atom stereocenters. The van der Waals surface area contributed by atoms with E-state index >= 15 is 0 Å². The topological polar surface area (TPSA) is 43.9 Å². The van der Waals surface area contributed by atoms with Crippen molar-refractivity contribution in [3.05, 3.63) is 169 Å². The van der Waals surface area contributed by atoms with Gasteiger partial charge in [0, 0.05) is 36.7 Å². The molecule has 3 aromatic heterocycles. The zero-order valence-electron chi connectivity index (χ0n) is 33.6. The van der Waals surface area contributed by atoms with Gasteiger partial charge in [-0.15, -0.1) is 18.2 Å². The Kier molecular flexibility index (Phi) is 10.6. The molecule has 9 aromatic rings. The second-order valence-corrected chi connectivity index (χ2v) is 25.3. The van der Waals surface area contributed by atoms with Crippen LogP contribution in [0.5, 0.6) is 0 Å². The van der Waals surface area contributed by atoms with Gasteiger partial charge in [0.2, 0.25) is 0 Å². The minimum Gasteiger partial charge on any atom is -0.501 e. The molecule has 0 aliphatic rings. The number of hydrogen-bond acceptors (Lipinski definition) is 3. The molecule has 0 saturated heterocycles. The summed E-state index contributed by atoms with van der Waals surface area (Å²) in [6.07, 6.45) is 0.562. The molecule has 3 heterocycles. The van der Waals surface area contributed by atoms with Crippen LogP contribution in [0.3, 0.4) is 0 Å². The van der Waals surface area contributed by atoms with Crippen LogP contribution in [0.1, 0.15) is 22.2 Å². The quantitative estimate of drug-likeness (QED) is 0.118. The molecule has 55 heavy (non-hydrogen) atoms. The van der Waals surface area contributed by atoms with Crippen molar-refractivity contribution in [2.45, 2.75) is 37.5 Å². The second-order valence-electron chi connectivity index (χ2n) is 14.8. The van der Waals surface area contributed by atoms with Gasteiger partial charge in [-0.3, -0.25) is 4.98 Å². The second kappa shape index (κ2) is 16.3. The molecule has 6 aromatic carbocycles. The van der Waals surface area contributed by atoms with Gasteiger partial charge in [-0.2, -0.15) is 0 Å². The summed E-state index contributed by atoms with van der Waals surface area (Å²) in [5.41, 5.74) is 10.4. The number of hydrogen-bond donors (Lipinski definition) is 0. The molecule has 0 bridgehead atoms. The smallest absolute Gasteiger partial charge is 0.120 e. The fraction of sp³-hybridized carbons (Fsp3) is 0.143. The van der Waals surface area contributed by atoms with E-state index in [0.717, 1.165) is 82.4 Å². The van der Waals surface area contributed by atoms with Crippen LogP contribution in [-0.4, -0.2) is 27.8 Å². The molecule has 4 nitrogen and oxygen atoms in total. The summed E-state index contributed by atoms with van der Waals surface area (Å²) in [5, 5.41) is 2.17. The fourth-order valence-corrected chi connectivity index (χ4v) is 9.95. The SMILES string of the molecule is [2H]C([2H])(c1cc(-c2[c-]cccc2)nc[c]1[Ge]([CH3])([CH3])[CH3])C(C)C.[Ir].[c-]1ccc2c(oc3ccccc32)c1-c1nc2ccccc2n1-c1ccccc1-c1ccccc1. The van der Waals surface area contributed by atoms with Gasteiger partial charge in [-0.05, 0) is 29.8 Å². The zero-order chi connectivity index (χ0) is 39.0. The Morgan fingerprint density at radius 3 is 2.27 bits per heavy atom. The van der Waals surface area contributed by atoms with Crippen molar-refractivity contribution >= 4 is 50.6 Å². The molecule has 6 heteroatoms. The summed E-state index contributed by atoms with van der Waals surface area (Å²) in [4.78, 5) is 9.68. The molecule has 1 radical (unpaired) electrons. The molecule has 9 rings (SSSR count). The Bertz CT molecular complexity index is 2810. The molecular formula is C49H43GeIrN3O-2. The first-order valence-electron chi connectivity index (χ1n) is 19.4. The Morgan fingerprint density at radius 1 is 0.764 bits per heavy atom. The third-order valence-corrected chi connectivity index (χ3v) is 13.7. The standard InChI is InChI=1S/C31H19N2O.C18H24GeN.Ir/c1-2-11-21(12-3-1)22-13-4-7-18-27(22)33-28-19-8-6-17-26(28)32-31(33)25-16-10-15-24-23-14-5-9-20-29(23)34-30(24)25;1-14(2)11-16-12-18(15-9-7-6-8-10-15)20-13-17(16)19(3,4)5;/h1-15,17-20H;6-9,12-14H,11H2,1-5H3;/q2*-1;/i;11D2;. The van der Waals surface area contributed by atoms with Crippen molar-refractivity contribution in [3.63, 3.8) is 0 Å². The van der Waals surface area contributed by atoms with Crippen molar-refractivity contribution in [3.8, 4) is 39.5 Å². The van der Waals surface area contributed by atoms with E-state index in [9.17, 15) is 0 Å². The van der Waals surface area contributed by atoms with Crippen LogP contribution < -0.4 is 4.40 Å². The van der Waals surface area contributed by atoms with Crippen LogP contribution in [0.15, 0.2) is 156 Å². The number of rotatable bonds is 7. The minimum atomic E-state index is -2.20. The Balaban J connectivity index is 0.000000189. The largest absolute Gasteiger partial charge is 0.501 e. The van der Waals surface area contributed by atoms with E-state index in [2.05, 4.69) is 118 Å². The monoisotopic (exact) mass is 958 g/mol. The molecule has 0 N–H and O–H groups in total. The average Bonchev–Trinajstić information content (AvgIpc) is 3.80. The van der Waals surface area contributed by atoms with Crippen molar-refractivity contribution in [1.82, 2.24) is 14.5 Å². The summed E-state index contributed by atoms with van der Waals surface area (Å²) >= 11 is -2.20. The first kappa shape index (κ1) is 35.6. The van der Waals surface area contributed by atoms with Crippen LogP contribution in [0.2, 0.25) is 17.3 Å². The molecular weight excluding hydrogens is 911 g/mol. The van der Waals surface area contributed by atoms with Gasteiger partial charge in [-0.25, -0.2) is 0 Å². The maximum atomic E-state index is 8.56. The number of aromatic nitrogens is 3. The molecule has 275 valence electrons. The van der Waals surface area contributed by atoms with Gasteiger partial charge in [-0.1, -0.05) is 89.8 Å². The van der Waals surface area contributed by atoms with Gasteiger partial charge in [0.15, 0.2) is 0 Å². The number of furan rings is 1. The maximum absolute atomic E-state index is 8.56. The van der Waals surface area contributed by atoms with Gasteiger partial charge >= 0.3 is 128 Å². The summed E-state index contributed by atoms with van der Waals surface area (Å²) < 4.78 is 26.9. The minimum absolute atomic E-state index is 0. The molecule has 0 spiro atoms. The van der Waals surface area contributed by atoms with E-state index in [4.69, 9.17) is 12.1 Å². The van der Waals surface area contributed by atoms with Gasteiger partial charge in [0.1, 0.15) is 5.58 Å². The third kappa shape index (κ3) is 7.88. The summed E-state index contributed by atoms with van der Waals surface area (Å²) in [7, 11) is 0. The van der Waals surface area contributed by atoms with Crippen molar-refractivity contribution in [2.24, 2.45) is 5.92 Å². The number of imidazole rings is 1. The summed E-state index contributed by atoms with van der Waals surface area (Å²) in [6.45, 7) is 3.88. The van der Waals surface area contributed by atoms with Crippen LogP contribution in [0, 0.1) is 18.1 Å². The normalized spacial score (nSPS) is 12.3. The van der Waals surface area contributed by atoms with E-state index in [1.807, 2.05) is 86.8 Å². The van der Waals surface area contributed by atoms with Gasteiger partial charge in [0.05, 0.1) is 22.4 Å². The summed E-state index contributed by atoms with van der Waals surface area (Å²) in [6, 6.07) is 55.6. The zero-order valence-corrected chi connectivity index (χ0v) is 36.1. The molecule has 0 saturated carbocycles. The molecule has 0 aliphatic heterocycles. The number of benzene rings is 6. The Hall–Kier alpha value is -5.07. The van der Waals surface area contributed by atoms with E-state index in [1.54, 1.807) is 0 Å². The number of nitrogens with zero attached hydrogens (tertiary/aromatic N) is 3. The van der Waals surface area contributed by atoms with Crippen LogP contribution in [0.4, 0.5) is 0 Å². The third-order valence-electron chi connectivity index (χ3n) is 9.49. The Labute approximate surface area is 342 Å². The Morgan fingerprint density at radius 2 is 1.49 bits per heavy atom. The molecule has 0 fully saturated rings. The molecule has 0 unspecified atom stereocenters. The van der Waals surface area contributed by atoms with Crippen molar-refractivity contribution < 1.29 is 27.3 Å². The van der Waals surface area contributed by atoms with Gasteiger partial charge < -0.3 is 8.98 Å². The van der Waals surface area contributed by atoms with E-state index in [-0.39, 0.29) is 26.0 Å². The average molecular weight is 957 g/mol. The predicted molar refractivity (Wildman–Crippen MR) is 228 cm³/mol. The number of para-hydroxylation sites is 4. The van der Waals surface area contributed by atoms with Gasteiger partial charge in [0.25, 0.3) is 0 Å². The fourth-order valence-electron chi connectivity index (χ4n) is 7.01. The molecule has 0 amide bonds. The maximum Gasteiger partial charge on any atom is 0.120 e. The van der Waals surface area contributed by atoms with Crippen LogP contribution in [0.25, 0.3) is 72.4 Å².